The van der Waals surface area contributed by atoms with Crippen LogP contribution in [0.5, 0.6) is 5.75 Å². The number of nitrogens with one attached hydrogen (secondary N) is 1. The van der Waals surface area contributed by atoms with Crippen LogP contribution in [0.4, 0.5) is 5.69 Å². The van der Waals surface area contributed by atoms with Crippen molar-refractivity contribution in [1.29, 1.82) is 0 Å². The van der Waals surface area contributed by atoms with Gasteiger partial charge in [0.1, 0.15) is 17.1 Å². The number of methoxy groups -OCH3 is 1. The summed E-state index contributed by atoms with van der Waals surface area (Å²) in [6, 6.07) is 8.66. The standard InChI is InChI=1S/C16H14ClN5O2S/c1-24-13-3-2-11(17)8-12(13)19-15(23)9-25-16-5-4-14(20-21-16)22-7-6-18-10-22/h2-8,10H,9H2,1H3,(H,19,23). The Morgan fingerprint density at radius 3 is 2.88 bits per heavy atom. The fourth-order valence-electron chi connectivity index (χ4n) is 2.03. The molecule has 2 aromatic heterocycles. The lowest BCUT2D eigenvalue weighted by Gasteiger charge is -2.10. The molecule has 3 rings (SSSR count). The van der Waals surface area contributed by atoms with Crippen molar-refractivity contribution in [2.24, 2.45) is 0 Å². The highest BCUT2D eigenvalue weighted by Crippen LogP contribution is 2.28. The van der Waals surface area contributed by atoms with Crippen LogP contribution >= 0.6 is 23.4 Å². The molecule has 7 nitrogen and oxygen atoms in total. The van der Waals surface area contributed by atoms with Gasteiger partial charge in [0.05, 0.1) is 18.6 Å². The first-order valence-corrected chi connectivity index (χ1v) is 8.60. The maximum atomic E-state index is 12.1. The minimum absolute atomic E-state index is 0.189. The molecule has 3 aromatic rings. The lowest BCUT2D eigenvalue weighted by atomic mass is 10.3. The van der Waals surface area contributed by atoms with Gasteiger partial charge in [0.25, 0.3) is 0 Å². The van der Waals surface area contributed by atoms with Crippen LogP contribution in [0.15, 0.2) is 54.1 Å². The van der Waals surface area contributed by atoms with Gasteiger partial charge in [-0.15, -0.1) is 10.2 Å². The van der Waals surface area contributed by atoms with Crippen molar-refractivity contribution in [2.45, 2.75) is 5.03 Å². The average molecular weight is 376 g/mol. The van der Waals surface area contributed by atoms with Crippen molar-refractivity contribution < 1.29 is 9.53 Å². The molecule has 2 heterocycles. The summed E-state index contributed by atoms with van der Waals surface area (Å²) in [5, 5.41) is 12.1. The van der Waals surface area contributed by atoms with Gasteiger partial charge in [-0.25, -0.2) is 4.98 Å². The first-order chi connectivity index (χ1) is 12.2. The van der Waals surface area contributed by atoms with Gasteiger partial charge in [-0.2, -0.15) is 0 Å². The largest absolute Gasteiger partial charge is 0.495 e. The second-order valence-electron chi connectivity index (χ2n) is 4.88. The summed E-state index contributed by atoms with van der Waals surface area (Å²) in [6.45, 7) is 0. The van der Waals surface area contributed by atoms with E-state index in [2.05, 4.69) is 20.5 Å². The summed E-state index contributed by atoms with van der Waals surface area (Å²) in [6.07, 6.45) is 5.09. The Morgan fingerprint density at radius 2 is 2.20 bits per heavy atom. The Labute approximate surface area is 153 Å². The van der Waals surface area contributed by atoms with E-state index in [9.17, 15) is 4.79 Å². The molecule has 1 N–H and O–H groups in total. The van der Waals surface area contributed by atoms with Crippen molar-refractivity contribution in [1.82, 2.24) is 19.7 Å². The first-order valence-electron chi connectivity index (χ1n) is 7.24. The van der Waals surface area contributed by atoms with Crippen molar-refractivity contribution in [3.05, 3.63) is 54.1 Å². The summed E-state index contributed by atoms with van der Waals surface area (Å²) in [4.78, 5) is 16.1. The first kappa shape index (κ1) is 17.2. The number of hydrogen-bond donors (Lipinski definition) is 1. The molecule has 0 bridgehead atoms. The fraction of sp³-hybridized carbons (Fsp3) is 0.125. The molecule has 0 atom stereocenters. The number of rotatable bonds is 6. The van der Waals surface area contributed by atoms with E-state index in [1.54, 1.807) is 47.6 Å². The van der Waals surface area contributed by atoms with Gasteiger partial charge in [0.15, 0.2) is 5.82 Å². The monoisotopic (exact) mass is 375 g/mol. The summed E-state index contributed by atoms with van der Waals surface area (Å²) in [5.74, 6) is 1.21. The number of aromatic nitrogens is 4. The zero-order valence-electron chi connectivity index (χ0n) is 13.2. The van der Waals surface area contributed by atoms with E-state index in [0.29, 0.717) is 27.3 Å². The Morgan fingerprint density at radius 1 is 1.32 bits per heavy atom. The molecule has 0 spiro atoms. The second-order valence-corrected chi connectivity index (χ2v) is 6.31. The third kappa shape index (κ3) is 4.49. The zero-order valence-corrected chi connectivity index (χ0v) is 14.8. The number of nitrogens with zero attached hydrogens (tertiary/aromatic N) is 4. The number of ether oxygens (including phenoxy) is 1. The van der Waals surface area contributed by atoms with Gasteiger partial charge in [-0.05, 0) is 30.3 Å². The number of benzene rings is 1. The predicted molar refractivity (Wildman–Crippen MR) is 96.5 cm³/mol. The van der Waals surface area contributed by atoms with Crippen LogP contribution in [0.3, 0.4) is 0 Å². The third-order valence-electron chi connectivity index (χ3n) is 3.18. The third-order valence-corrected chi connectivity index (χ3v) is 4.34. The van der Waals surface area contributed by atoms with Gasteiger partial charge in [0.2, 0.25) is 5.91 Å². The smallest absolute Gasteiger partial charge is 0.234 e. The molecule has 0 aliphatic rings. The average Bonchev–Trinajstić information content (AvgIpc) is 3.15. The molecule has 0 radical (unpaired) electrons. The van der Waals surface area contributed by atoms with Crippen LogP contribution in [0.2, 0.25) is 5.02 Å². The van der Waals surface area contributed by atoms with Gasteiger partial charge >= 0.3 is 0 Å². The normalized spacial score (nSPS) is 10.5. The van der Waals surface area contributed by atoms with Gasteiger partial charge in [0, 0.05) is 17.4 Å². The van der Waals surface area contributed by atoms with E-state index in [0.717, 1.165) is 0 Å². The highest BCUT2D eigenvalue weighted by Gasteiger charge is 2.10. The lowest BCUT2D eigenvalue weighted by molar-refractivity contribution is -0.113. The Hall–Kier alpha value is -2.58. The van der Waals surface area contributed by atoms with Crippen LogP contribution in [0, 0.1) is 0 Å². The fourth-order valence-corrected chi connectivity index (χ4v) is 2.81. The van der Waals surface area contributed by atoms with E-state index < -0.39 is 0 Å². The van der Waals surface area contributed by atoms with Crippen molar-refractivity contribution in [2.75, 3.05) is 18.2 Å². The van der Waals surface area contributed by atoms with E-state index >= 15 is 0 Å². The second kappa shape index (κ2) is 8.00. The quantitative estimate of drug-likeness (QED) is 0.667. The molecule has 128 valence electrons. The summed E-state index contributed by atoms with van der Waals surface area (Å²) < 4.78 is 6.95. The van der Waals surface area contributed by atoms with Crippen molar-refractivity contribution >= 4 is 35.0 Å². The van der Waals surface area contributed by atoms with Crippen LogP contribution < -0.4 is 10.1 Å². The van der Waals surface area contributed by atoms with Gasteiger partial charge in [-0.3, -0.25) is 9.36 Å². The number of hydrogen-bond acceptors (Lipinski definition) is 6. The van der Waals surface area contributed by atoms with Crippen LogP contribution in [-0.4, -0.2) is 38.5 Å². The topological polar surface area (TPSA) is 81.9 Å². The SMILES string of the molecule is COc1ccc(Cl)cc1NC(=O)CSc1ccc(-n2ccnc2)nn1. The Bertz CT molecular complexity index is 855. The van der Waals surface area contributed by atoms with Crippen LogP contribution in [0.25, 0.3) is 5.82 Å². The molecule has 1 amide bonds. The summed E-state index contributed by atoms with van der Waals surface area (Å²) >= 11 is 7.24. The number of amides is 1. The maximum Gasteiger partial charge on any atom is 0.234 e. The summed E-state index contributed by atoms with van der Waals surface area (Å²) in [5.41, 5.74) is 0.530. The number of imidazole rings is 1. The lowest BCUT2D eigenvalue weighted by Crippen LogP contribution is -2.15. The maximum absolute atomic E-state index is 12.1. The number of carbonyl (C=O) groups is 1. The number of thioether (sulfide) groups is 1. The summed E-state index contributed by atoms with van der Waals surface area (Å²) in [7, 11) is 1.53. The molecular weight excluding hydrogens is 362 g/mol. The van der Waals surface area contributed by atoms with Crippen LogP contribution in [-0.2, 0) is 4.79 Å². The molecule has 1 aromatic carbocycles. The molecule has 0 saturated carbocycles. The predicted octanol–water partition coefficient (Wildman–Crippen LogP) is 3.06. The minimum Gasteiger partial charge on any atom is -0.495 e. The molecule has 25 heavy (non-hydrogen) atoms. The van der Waals surface area contributed by atoms with Crippen LogP contribution in [0.1, 0.15) is 0 Å². The highest BCUT2D eigenvalue weighted by molar-refractivity contribution is 7.99. The Balaban J connectivity index is 1.58. The molecule has 0 unspecified atom stereocenters. The Kier molecular flexibility index (Phi) is 5.52. The molecular formula is C16H14ClN5O2S. The number of halogens is 1. The minimum atomic E-state index is -0.189. The zero-order chi connectivity index (χ0) is 17.6. The van der Waals surface area contributed by atoms with Gasteiger partial charge < -0.3 is 10.1 Å². The van der Waals surface area contributed by atoms with E-state index in [1.807, 2.05) is 6.07 Å². The number of anilines is 1. The van der Waals surface area contributed by atoms with E-state index in [-0.39, 0.29) is 11.7 Å². The highest BCUT2D eigenvalue weighted by atomic mass is 35.5. The molecule has 0 aliphatic carbocycles. The molecule has 0 aliphatic heterocycles. The molecule has 9 heteroatoms. The van der Waals surface area contributed by atoms with Gasteiger partial charge in [-0.1, -0.05) is 23.4 Å². The molecule has 0 saturated heterocycles. The number of carbonyl (C=O) groups excluding carboxylic acids is 1. The van der Waals surface area contributed by atoms with E-state index in [4.69, 9.17) is 16.3 Å². The van der Waals surface area contributed by atoms with E-state index in [1.165, 1.54) is 18.9 Å². The van der Waals surface area contributed by atoms with Crippen molar-refractivity contribution in [3.63, 3.8) is 0 Å². The molecule has 0 fully saturated rings. The van der Waals surface area contributed by atoms with Crippen molar-refractivity contribution in [3.8, 4) is 11.6 Å².